The minimum Gasteiger partial charge on any atom is -0.466 e. The van der Waals surface area contributed by atoms with E-state index in [1.807, 2.05) is 0 Å². The van der Waals surface area contributed by atoms with Crippen molar-refractivity contribution in [3.8, 4) is 0 Å². The molecule has 0 aromatic rings. The average Bonchev–Trinajstić information content (AvgIpc) is 3.47. The first-order valence-corrected chi connectivity index (χ1v) is 36.7. The number of allylic oxidation sites excluding steroid dienone is 6. The van der Waals surface area contributed by atoms with E-state index in [9.17, 15) is 19.8 Å². The van der Waals surface area contributed by atoms with Gasteiger partial charge in [0.05, 0.1) is 25.4 Å². The summed E-state index contributed by atoms with van der Waals surface area (Å²) >= 11 is 0. The molecule has 0 spiro atoms. The number of aliphatic hydroxyl groups excluding tert-OH is 2. The fourth-order valence-corrected chi connectivity index (χ4v) is 11.6. The van der Waals surface area contributed by atoms with E-state index < -0.39 is 12.1 Å². The van der Waals surface area contributed by atoms with Crippen LogP contribution < -0.4 is 5.32 Å². The van der Waals surface area contributed by atoms with E-state index in [4.69, 9.17) is 4.74 Å². The molecule has 6 nitrogen and oxygen atoms in total. The zero-order valence-electron chi connectivity index (χ0n) is 54.8. The Kier molecular flexibility index (Phi) is 68.9. The molecule has 0 saturated carbocycles. The summed E-state index contributed by atoms with van der Waals surface area (Å²) < 4.78 is 5.51. The molecule has 1 amide bonds. The maximum absolute atomic E-state index is 12.5. The van der Waals surface area contributed by atoms with Crippen LogP contribution in [0.25, 0.3) is 0 Å². The number of carbonyl (C=O) groups is 2. The third kappa shape index (κ3) is 67.1. The summed E-state index contributed by atoms with van der Waals surface area (Å²) in [6.45, 7) is 4.96. The second-order valence-corrected chi connectivity index (χ2v) is 25.3. The third-order valence-corrected chi connectivity index (χ3v) is 17.2. The molecule has 0 saturated heterocycles. The van der Waals surface area contributed by atoms with Gasteiger partial charge in [0, 0.05) is 12.8 Å². The van der Waals surface area contributed by atoms with Gasteiger partial charge in [-0.1, -0.05) is 346 Å². The van der Waals surface area contributed by atoms with E-state index in [2.05, 4.69) is 55.6 Å². The van der Waals surface area contributed by atoms with E-state index in [0.29, 0.717) is 25.9 Å². The molecule has 0 aliphatic carbocycles. The van der Waals surface area contributed by atoms with Crippen LogP contribution in [0.2, 0.25) is 0 Å². The minimum atomic E-state index is -0.662. The number of nitrogens with one attached hydrogen (secondary N) is 1. The fraction of sp³-hybridized carbons (Fsp3) is 0.893. The Hall–Kier alpha value is -1.92. The highest BCUT2D eigenvalue weighted by molar-refractivity contribution is 5.76. The lowest BCUT2D eigenvalue weighted by Crippen LogP contribution is -2.45. The van der Waals surface area contributed by atoms with E-state index >= 15 is 0 Å². The lowest BCUT2D eigenvalue weighted by molar-refractivity contribution is -0.143. The summed E-state index contributed by atoms with van der Waals surface area (Å²) in [5, 5.41) is 23.3. The maximum atomic E-state index is 12.5. The number of aliphatic hydroxyl groups is 2. The third-order valence-electron chi connectivity index (χ3n) is 17.2. The van der Waals surface area contributed by atoms with Crippen molar-refractivity contribution in [3.63, 3.8) is 0 Å². The summed E-state index contributed by atoms with van der Waals surface area (Å²) in [6.07, 6.45) is 90.7. The highest BCUT2D eigenvalue weighted by atomic mass is 16.5. The molecule has 6 heteroatoms. The zero-order valence-corrected chi connectivity index (χ0v) is 54.8. The van der Waals surface area contributed by atoms with Gasteiger partial charge in [0.1, 0.15) is 0 Å². The molecule has 0 fully saturated rings. The van der Waals surface area contributed by atoms with Crippen molar-refractivity contribution in [2.24, 2.45) is 0 Å². The zero-order chi connectivity index (χ0) is 58.5. The standard InChI is InChI=1S/C75H143NO5/c1-3-5-7-9-11-13-15-17-19-20-34-38-41-45-49-53-57-61-65-69-75(80)81-70-66-62-58-54-50-46-42-39-36-33-31-29-27-25-23-21-22-24-26-28-30-32-35-37-40-44-48-52-56-60-64-68-74(79)76-72(71-77)73(78)67-63-59-55-51-47-43-18-16-14-12-10-8-6-4-2/h11,13,17,19,23,25,72-73,77-78H,3-10,12,14-16,18,20-22,24,26-71H2,1-2H3,(H,76,79)/b13-11-,19-17-,25-23-. The second kappa shape index (κ2) is 70.6. The SMILES string of the molecule is CCCCC/C=C\C/C=C\CCCCCCCCCCCC(=O)OCCCCCCCCCCCCCC/C=C\CCCCCCCCCCCCCCCCCC(=O)NC(CO)C(O)CCCCCCCCCCCCCCCC. The molecular weight excluding hydrogens is 995 g/mol. The summed E-state index contributed by atoms with van der Waals surface area (Å²) in [5.41, 5.74) is 0. The lowest BCUT2D eigenvalue weighted by Gasteiger charge is -2.22. The van der Waals surface area contributed by atoms with Crippen molar-refractivity contribution in [3.05, 3.63) is 36.5 Å². The van der Waals surface area contributed by atoms with Gasteiger partial charge in [0.2, 0.25) is 5.91 Å². The Morgan fingerprint density at radius 3 is 0.975 bits per heavy atom. The van der Waals surface area contributed by atoms with Gasteiger partial charge >= 0.3 is 5.97 Å². The van der Waals surface area contributed by atoms with Crippen molar-refractivity contribution in [2.45, 2.75) is 418 Å². The van der Waals surface area contributed by atoms with Crippen LogP contribution in [0.5, 0.6) is 0 Å². The van der Waals surface area contributed by atoms with Gasteiger partial charge in [-0.05, 0) is 83.5 Å². The van der Waals surface area contributed by atoms with Crippen LogP contribution in [-0.2, 0) is 14.3 Å². The molecule has 0 bridgehead atoms. The first-order chi connectivity index (χ1) is 40.0. The smallest absolute Gasteiger partial charge is 0.305 e. The largest absolute Gasteiger partial charge is 0.466 e. The predicted molar refractivity (Wildman–Crippen MR) is 356 cm³/mol. The van der Waals surface area contributed by atoms with Gasteiger partial charge in [-0.2, -0.15) is 0 Å². The molecule has 0 radical (unpaired) electrons. The number of hydrogen-bond acceptors (Lipinski definition) is 5. The predicted octanol–water partition coefficient (Wildman–Crippen LogP) is 23.9. The highest BCUT2D eigenvalue weighted by Crippen LogP contribution is 2.19. The van der Waals surface area contributed by atoms with Gasteiger partial charge in [0.15, 0.2) is 0 Å². The highest BCUT2D eigenvalue weighted by Gasteiger charge is 2.20. The Balaban J connectivity index is 3.34. The topological polar surface area (TPSA) is 95.9 Å². The van der Waals surface area contributed by atoms with E-state index in [1.165, 1.54) is 321 Å². The average molecular weight is 1140 g/mol. The molecule has 3 N–H and O–H groups in total. The van der Waals surface area contributed by atoms with Crippen LogP contribution in [0.1, 0.15) is 406 Å². The van der Waals surface area contributed by atoms with Crippen LogP contribution in [0.3, 0.4) is 0 Å². The number of hydrogen-bond donors (Lipinski definition) is 3. The molecule has 0 aliphatic heterocycles. The van der Waals surface area contributed by atoms with Gasteiger partial charge in [0.25, 0.3) is 0 Å². The summed E-state index contributed by atoms with van der Waals surface area (Å²) in [6, 6.07) is -0.539. The summed E-state index contributed by atoms with van der Waals surface area (Å²) in [4.78, 5) is 24.6. The minimum absolute atomic E-state index is 0.0144. The number of rotatable bonds is 69. The number of amides is 1. The molecular formula is C75H143NO5. The van der Waals surface area contributed by atoms with E-state index in [1.54, 1.807) is 0 Å². The van der Waals surface area contributed by atoms with Crippen molar-refractivity contribution in [1.82, 2.24) is 5.32 Å². The Morgan fingerprint density at radius 1 is 0.346 bits per heavy atom. The lowest BCUT2D eigenvalue weighted by atomic mass is 10.0. The molecule has 0 aromatic heterocycles. The van der Waals surface area contributed by atoms with Crippen molar-refractivity contribution < 1.29 is 24.5 Å². The number of ether oxygens (including phenoxy) is 1. The molecule has 0 heterocycles. The van der Waals surface area contributed by atoms with Crippen LogP contribution in [0.15, 0.2) is 36.5 Å². The number of esters is 1. The first kappa shape index (κ1) is 79.1. The Labute approximate surface area is 506 Å². The van der Waals surface area contributed by atoms with Gasteiger partial charge in [-0.25, -0.2) is 0 Å². The van der Waals surface area contributed by atoms with Crippen molar-refractivity contribution in [2.75, 3.05) is 13.2 Å². The monoisotopic (exact) mass is 1140 g/mol. The molecule has 2 unspecified atom stereocenters. The molecule has 81 heavy (non-hydrogen) atoms. The molecule has 0 aromatic carbocycles. The quantitative estimate of drug-likeness (QED) is 0.0320. The molecule has 0 aliphatic rings. The van der Waals surface area contributed by atoms with Gasteiger partial charge in [-0.3, -0.25) is 9.59 Å². The van der Waals surface area contributed by atoms with Gasteiger partial charge < -0.3 is 20.3 Å². The summed E-state index contributed by atoms with van der Waals surface area (Å²) in [5.74, 6) is -0.0161. The number of unbranched alkanes of at least 4 members (excludes halogenated alkanes) is 52. The Bertz CT molecular complexity index is 1310. The van der Waals surface area contributed by atoms with E-state index in [0.717, 1.165) is 51.4 Å². The van der Waals surface area contributed by atoms with Crippen LogP contribution >= 0.6 is 0 Å². The van der Waals surface area contributed by atoms with E-state index in [-0.39, 0.29) is 18.5 Å². The normalized spacial score (nSPS) is 12.7. The van der Waals surface area contributed by atoms with Crippen LogP contribution in [-0.4, -0.2) is 47.4 Å². The fourth-order valence-electron chi connectivity index (χ4n) is 11.6. The Morgan fingerprint density at radius 2 is 0.617 bits per heavy atom. The van der Waals surface area contributed by atoms with Crippen molar-refractivity contribution >= 4 is 11.9 Å². The number of carbonyl (C=O) groups excluding carboxylic acids is 2. The van der Waals surface area contributed by atoms with Crippen LogP contribution in [0.4, 0.5) is 0 Å². The molecule has 0 rings (SSSR count). The van der Waals surface area contributed by atoms with Gasteiger partial charge in [-0.15, -0.1) is 0 Å². The molecule has 478 valence electrons. The second-order valence-electron chi connectivity index (χ2n) is 25.3. The van der Waals surface area contributed by atoms with Crippen LogP contribution in [0, 0.1) is 0 Å². The summed E-state index contributed by atoms with van der Waals surface area (Å²) in [7, 11) is 0. The molecule has 2 atom stereocenters. The first-order valence-electron chi connectivity index (χ1n) is 36.7. The van der Waals surface area contributed by atoms with Crippen molar-refractivity contribution in [1.29, 1.82) is 0 Å². The maximum Gasteiger partial charge on any atom is 0.305 e.